The van der Waals surface area contributed by atoms with E-state index in [1.807, 2.05) is 26.0 Å². The number of nitrogens with one attached hydrogen (secondary N) is 1. The van der Waals surface area contributed by atoms with Gasteiger partial charge in [0.1, 0.15) is 0 Å². The zero-order valence-corrected chi connectivity index (χ0v) is 12.3. The summed E-state index contributed by atoms with van der Waals surface area (Å²) in [6.07, 6.45) is 0. The van der Waals surface area contributed by atoms with Crippen LogP contribution in [-0.2, 0) is 4.74 Å². The quantitative estimate of drug-likeness (QED) is 0.859. The third-order valence-electron chi connectivity index (χ3n) is 2.94. The summed E-state index contributed by atoms with van der Waals surface area (Å²) in [5.41, 5.74) is -0.178. The van der Waals surface area contributed by atoms with E-state index in [4.69, 9.17) is 4.74 Å². The Labute approximate surface area is 114 Å². The van der Waals surface area contributed by atoms with Gasteiger partial charge >= 0.3 is 0 Å². The fraction of sp³-hybridized carbons (Fsp3) is 0.750. The Kier molecular flexibility index (Phi) is 3.75. The Morgan fingerprint density at radius 2 is 2.00 bits per heavy atom. The molecule has 0 unspecified atom stereocenters. The van der Waals surface area contributed by atoms with E-state index in [1.54, 1.807) is 0 Å². The van der Waals surface area contributed by atoms with Crippen LogP contribution in [0.25, 0.3) is 0 Å². The Morgan fingerprint density at radius 1 is 1.26 bits per heavy atom. The molecular formula is C12H22N6O. The van der Waals surface area contributed by atoms with Crippen LogP contribution in [0.3, 0.4) is 0 Å². The molecule has 0 amide bonds. The van der Waals surface area contributed by atoms with Crippen LogP contribution in [0.2, 0.25) is 0 Å². The second-order valence-corrected chi connectivity index (χ2v) is 5.43. The van der Waals surface area contributed by atoms with Gasteiger partial charge < -0.3 is 19.9 Å². The molecule has 1 aliphatic heterocycles. The topological polar surface area (TPSA) is 66.4 Å². The third-order valence-corrected chi connectivity index (χ3v) is 2.94. The van der Waals surface area contributed by atoms with E-state index >= 15 is 0 Å². The molecule has 0 saturated carbocycles. The Balaban J connectivity index is 2.30. The molecule has 0 radical (unpaired) electrons. The van der Waals surface area contributed by atoms with Crippen molar-refractivity contribution < 1.29 is 4.74 Å². The lowest BCUT2D eigenvalue weighted by Crippen LogP contribution is -2.49. The fourth-order valence-corrected chi connectivity index (χ4v) is 1.99. The van der Waals surface area contributed by atoms with Gasteiger partial charge in [0.05, 0.1) is 12.2 Å². The van der Waals surface area contributed by atoms with Crippen molar-refractivity contribution in [2.24, 2.45) is 0 Å². The first-order valence-corrected chi connectivity index (χ1v) is 6.41. The van der Waals surface area contributed by atoms with Crippen LogP contribution in [-0.4, -0.2) is 61.4 Å². The van der Waals surface area contributed by atoms with Crippen molar-refractivity contribution in [1.29, 1.82) is 0 Å². The summed E-state index contributed by atoms with van der Waals surface area (Å²) < 4.78 is 5.71. The normalized spacial score (nSPS) is 18.3. The molecule has 7 heteroatoms. The fourth-order valence-electron chi connectivity index (χ4n) is 1.99. The highest BCUT2D eigenvalue weighted by molar-refractivity contribution is 5.44. The van der Waals surface area contributed by atoms with Gasteiger partial charge in [-0.25, -0.2) is 0 Å². The van der Waals surface area contributed by atoms with E-state index in [9.17, 15) is 0 Å². The van der Waals surface area contributed by atoms with Gasteiger partial charge in [0, 0.05) is 34.2 Å². The molecule has 1 aromatic heterocycles. The molecule has 0 aromatic carbocycles. The molecule has 2 heterocycles. The second-order valence-electron chi connectivity index (χ2n) is 5.43. The lowest BCUT2D eigenvalue weighted by Gasteiger charge is -2.38. The Bertz CT molecular complexity index is 448. The molecule has 0 aliphatic carbocycles. The molecule has 0 spiro atoms. The molecule has 2 rings (SSSR count). The van der Waals surface area contributed by atoms with Crippen molar-refractivity contribution in [3.63, 3.8) is 0 Å². The molecule has 1 N–H and O–H groups in total. The minimum atomic E-state index is -0.178. The number of rotatable bonds is 3. The van der Waals surface area contributed by atoms with Crippen LogP contribution in [0.15, 0.2) is 0 Å². The summed E-state index contributed by atoms with van der Waals surface area (Å²) in [6, 6.07) is 0. The summed E-state index contributed by atoms with van der Waals surface area (Å²) in [4.78, 5) is 17.3. The summed E-state index contributed by atoms with van der Waals surface area (Å²) in [6.45, 7) is 6.40. The number of morpholine rings is 1. The van der Waals surface area contributed by atoms with Gasteiger partial charge in [-0.05, 0) is 13.8 Å². The van der Waals surface area contributed by atoms with Crippen molar-refractivity contribution in [3.8, 4) is 0 Å². The van der Waals surface area contributed by atoms with Crippen LogP contribution >= 0.6 is 0 Å². The van der Waals surface area contributed by atoms with Gasteiger partial charge in [-0.15, -0.1) is 0 Å². The van der Waals surface area contributed by atoms with Gasteiger partial charge in [-0.2, -0.15) is 15.0 Å². The van der Waals surface area contributed by atoms with Gasteiger partial charge in [0.2, 0.25) is 17.8 Å². The maximum atomic E-state index is 5.71. The molecule has 1 fully saturated rings. The van der Waals surface area contributed by atoms with Crippen molar-refractivity contribution in [2.75, 3.05) is 56.0 Å². The molecule has 7 nitrogen and oxygen atoms in total. The van der Waals surface area contributed by atoms with Crippen molar-refractivity contribution >= 4 is 17.8 Å². The van der Waals surface area contributed by atoms with E-state index in [2.05, 4.69) is 39.0 Å². The molecule has 1 aromatic rings. The lowest BCUT2D eigenvalue weighted by molar-refractivity contribution is -0.0281. The van der Waals surface area contributed by atoms with Crippen molar-refractivity contribution in [2.45, 2.75) is 19.4 Å². The summed E-state index contributed by atoms with van der Waals surface area (Å²) in [5.74, 6) is 1.93. The number of anilines is 3. The first-order valence-electron chi connectivity index (χ1n) is 6.41. The zero-order valence-electron chi connectivity index (χ0n) is 12.3. The Hall–Kier alpha value is -1.63. The third kappa shape index (κ3) is 3.23. The average molecular weight is 266 g/mol. The van der Waals surface area contributed by atoms with Gasteiger partial charge in [-0.1, -0.05) is 0 Å². The number of hydrogen-bond acceptors (Lipinski definition) is 7. The minimum Gasteiger partial charge on any atom is -0.372 e. The van der Waals surface area contributed by atoms with Gasteiger partial charge in [0.15, 0.2) is 0 Å². The SMILES string of the molecule is CNc1nc(N(C)C)nc(N2CCOC(C)(C)C2)n1. The number of hydrogen-bond donors (Lipinski definition) is 1. The molecule has 106 valence electrons. The molecule has 0 atom stereocenters. The standard InChI is InChI=1S/C12H22N6O/c1-12(2)8-18(6-7-19-12)11-15-9(13-3)14-10(16-11)17(4)5/h6-8H2,1-5H3,(H,13,14,15,16). The van der Waals surface area contributed by atoms with Gasteiger partial charge in [0.25, 0.3) is 0 Å². The lowest BCUT2D eigenvalue weighted by atomic mass is 10.1. The number of nitrogens with zero attached hydrogens (tertiary/aromatic N) is 5. The maximum Gasteiger partial charge on any atom is 0.232 e. The highest BCUT2D eigenvalue weighted by Gasteiger charge is 2.29. The van der Waals surface area contributed by atoms with Crippen molar-refractivity contribution in [1.82, 2.24) is 15.0 Å². The number of ether oxygens (including phenoxy) is 1. The zero-order chi connectivity index (χ0) is 14.0. The average Bonchev–Trinajstić information content (AvgIpc) is 2.37. The predicted molar refractivity (Wildman–Crippen MR) is 75.9 cm³/mol. The molecule has 1 aliphatic rings. The first-order chi connectivity index (χ1) is 8.91. The molecular weight excluding hydrogens is 244 g/mol. The van der Waals surface area contributed by atoms with Crippen LogP contribution < -0.4 is 15.1 Å². The van der Waals surface area contributed by atoms with Crippen LogP contribution in [0.1, 0.15) is 13.8 Å². The van der Waals surface area contributed by atoms with E-state index in [0.29, 0.717) is 24.5 Å². The molecule has 19 heavy (non-hydrogen) atoms. The highest BCUT2D eigenvalue weighted by Crippen LogP contribution is 2.22. The summed E-state index contributed by atoms with van der Waals surface area (Å²) in [5, 5.41) is 2.98. The minimum absolute atomic E-state index is 0.178. The van der Waals surface area contributed by atoms with Gasteiger partial charge in [-0.3, -0.25) is 0 Å². The molecule has 1 saturated heterocycles. The smallest absolute Gasteiger partial charge is 0.232 e. The second kappa shape index (κ2) is 5.16. The predicted octanol–water partition coefficient (Wildman–Crippen LogP) is 0.594. The van der Waals surface area contributed by atoms with E-state index < -0.39 is 0 Å². The summed E-state index contributed by atoms with van der Waals surface area (Å²) >= 11 is 0. The monoisotopic (exact) mass is 266 g/mol. The van der Waals surface area contributed by atoms with Crippen molar-refractivity contribution in [3.05, 3.63) is 0 Å². The van der Waals surface area contributed by atoms with E-state index in [1.165, 1.54) is 0 Å². The van der Waals surface area contributed by atoms with E-state index in [-0.39, 0.29) is 5.60 Å². The summed E-state index contributed by atoms with van der Waals surface area (Å²) in [7, 11) is 5.64. The maximum absolute atomic E-state index is 5.71. The Morgan fingerprint density at radius 3 is 2.58 bits per heavy atom. The largest absolute Gasteiger partial charge is 0.372 e. The number of aromatic nitrogens is 3. The highest BCUT2D eigenvalue weighted by atomic mass is 16.5. The van der Waals surface area contributed by atoms with E-state index in [0.717, 1.165) is 13.1 Å². The van der Waals surface area contributed by atoms with Crippen LogP contribution in [0.5, 0.6) is 0 Å². The first kappa shape index (κ1) is 13.8. The molecule has 0 bridgehead atoms. The van der Waals surface area contributed by atoms with Crippen LogP contribution in [0.4, 0.5) is 17.8 Å². The van der Waals surface area contributed by atoms with Crippen LogP contribution in [0, 0.1) is 0 Å².